The first-order chi connectivity index (χ1) is 10.0. The van der Waals surface area contributed by atoms with E-state index in [9.17, 15) is 8.42 Å². The predicted octanol–water partition coefficient (Wildman–Crippen LogP) is 1.65. The lowest BCUT2D eigenvalue weighted by atomic mass is 10.1. The molecule has 1 aromatic rings. The number of nitrogens with two attached hydrogens (primary N) is 1. The zero-order valence-corrected chi connectivity index (χ0v) is 13.1. The fourth-order valence-corrected chi connectivity index (χ4v) is 4.62. The molecule has 6 heteroatoms. The number of benzene rings is 1. The van der Waals surface area contributed by atoms with Gasteiger partial charge in [0.25, 0.3) is 0 Å². The van der Waals surface area contributed by atoms with E-state index in [1.165, 1.54) is 0 Å². The maximum Gasteiger partial charge on any atom is 0.243 e. The number of hydrogen-bond donors (Lipinski definition) is 1. The highest BCUT2D eigenvalue weighted by molar-refractivity contribution is 7.89. The van der Waals surface area contributed by atoms with E-state index in [1.54, 1.807) is 22.5 Å². The summed E-state index contributed by atoms with van der Waals surface area (Å²) in [6.07, 6.45) is 2.80. The van der Waals surface area contributed by atoms with Crippen molar-refractivity contribution in [1.29, 1.82) is 0 Å². The molecule has 2 N–H and O–H groups in total. The summed E-state index contributed by atoms with van der Waals surface area (Å²) in [5.74, 6) is 0. The van der Waals surface area contributed by atoms with Gasteiger partial charge in [-0.15, -0.1) is 0 Å². The Bertz CT molecular complexity index is 605. The Kier molecular flexibility index (Phi) is 4.05. The monoisotopic (exact) mass is 310 g/mol. The summed E-state index contributed by atoms with van der Waals surface area (Å²) < 4.78 is 32.9. The lowest BCUT2D eigenvalue weighted by Crippen LogP contribution is -2.45. The van der Waals surface area contributed by atoms with E-state index in [4.69, 9.17) is 10.5 Å². The number of nitrogens with zero attached hydrogens (tertiary/aromatic N) is 1. The van der Waals surface area contributed by atoms with Crippen molar-refractivity contribution in [2.45, 2.75) is 49.3 Å². The highest BCUT2D eigenvalue weighted by Gasteiger charge is 2.39. The van der Waals surface area contributed by atoms with E-state index < -0.39 is 10.0 Å². The van der Waals surface area contributed by atoms with Crippen LogP contribution in [-0.4, -0.2) is 38.0 Å². The third kappa shape index (κ3) is 2.85. The van der Waals surface area contributed by atoms with E-state index in [1.807, 2.05) is 13.0 Å². The van der Waals surface area contributed by atoms with Gasteiger partial charge in [0.1, 0.15) is 0 Å². The fraction of sp³-hybridized carbons (Fsp3) is 0.600. The van der Waals surface area contributed by atoms with Crippen molar-refractivity contribution < 1.29 is 13.2 Å². The van der Waals surface area contributed by atoms with E-state index >= 15 is 0 Å². The lowest BCUT2D eigenvalue weighted by Gasteiger charge is -2.31. The second-order valence-electron chi connectivity index (χ2n) is 5.87. The van der Waals surface area contributed by atoms with Gasteiger partial charge in [0.05, 0.1) is 17.1 Å². The molecule has 0 spiro atoms. The van der Waals surface area contributed by atoms with Gasteiger partial charge in [-0.1, -0.05) is 19.1 Å². The molecule has 2 aliphatic rings. The Morgan fingerprint density at radius 2 is 2.00 bits per heavy atom. The highest BCUT2D eigenvalue weighted by atomic mass is 32.2. The lowest BCUT2D eigenvalue weighted by molar-refractivity contribution is -0.0114. The average molecular weight is 310 g/mol. The molecule has 2 aliphatic heterocycles. The topological polar surface area (TPSA) is 72.6 Å². The number of morpholine rings is 1. The maximum absolute atomic E-state index is 12.8. The standard InChI is InChI=1S/C15H22N2O3S/c1-2-15(16)11-4-3-5-14(8-11)21(18,19)17-9-12-6-7-13(10-17)20-12/h3-5,8,12-13,15H,2,6-7,9-10,16H2,1H3. The second kappa shape index (κ2) is 5.68. The van der Waals surface area contributed by atoms with Crippen molar-refractivity contribution >= 4 is 10.0 Å². The minimum atomic E-state index is -3.45. The Morgan fingerprint density at radius 3 is 2.62 bits per heavy atom. The number of hydrogen-bond acceptors (Lipinski definition) is 4. The first-order valence-corrected chi connectivity index (χ1v) is 8.96. The second-order valence-corrected chi connectivity index (χ2v) is 7.80. The number of ether oxygens (including phenoxy) is 1. The number of fused-ring (bicyclic) bond motifs is 2. The third-order valence-electron chi connectivity index (χ3n) is 4.37. The minimum absolute atomic E-state index is 0.0552. The summed E-state index contributed by atoms with van der Waals surface area (Å²) in [7, 11) is -3.45. The van der Waals surface area contributed by atoms with E-state index in [2.05, 4.69) is 0 Å². The van der Waals surface area contributed by atoms with E-state index in [-0.39, 0.29) is 18.2 Å². The quantitative estimate of drug-likeness (QED) is 0.918. The molecule has 0 radical (unpaired) electrons. The molecule has 116 valence electrons. The summed E-state index contributed by atoms with van der Waals surface area (Å²) in [6.45, 7) is 2.91. The Morgan fingerprint density at radius 1 is 1.33 bits per heavy atom. The molecule has 5 nitrogen and oxygen atoms in total. The van der Waals surface area contributed by atoms with E-state index in [0.717, 1.165) is 24.8 Å². The van der Waals surface area contributed by atoms with Crippen molar-refractivity contribution in [2.75, 3.05) is 13.1 Å². The minimum Gasteiger partial charge on any atom is -0.372 e. The van der Waals surface area contributed by atoms with Gasteiger partial charge < -0.3 is 10.5 Å². The summed E-state index contributed by atoms with van der Waals surface area (Å²) in [4.78, 5) is 0.338. The Labute approximate surface area is 126 Å². The van der Waals surface area contributed by atoms with Gasteiger partial charge in [0.15, 0.2) is 0 Å². The molecule has 3 unspecified atom stereocenters. The molecule has 0 amide bonds. The fourth-order valence-electron chi connectivity index (χ4n) is 3.06. The smallest absolute Gasteiger partial charge is 0.243 e. The molecular weight excluding hydrogens is 288 g/mol. The van der Waals surface area contributed by atoms with Crippen molar-refractivity contribution in [1.82, 2.24) is 4.31 Å². The molecule has 3 atom stereocenters. The van der Waals surface area contributed by atoms with Gasteiger partial charge in [-0.05, 0) is 37.0 Å². The van der Waals surface area contributed by atoms with Gasteiger partial charge in [-0.25, -0.2) is 8.42 Å². The zero-order chi connectivity index (χ0) is 15.0. The summed E-state index contributed by atoms with van der Waals surface area (Å²) in [5, 5.41) is 0. The van der Waals surface area contributed by atoms with Crippen molar-refractivity contribution in [3.8, 4) is 0 Å². The summed E-state index contributed by atoms with van der Waals surface area (Å²) >= 11 is 0. The average Bonchev–Trinajstić information content (AvgIpc) is 2.84. The molecule has 3 rings (SSSR count). The van der Waals surface area contributed by atoms with Gasteiger partial charge in [0, 0.05) is 19.1 Å². The van der Waals surface area contributed by atoms with Crippen LogP contribution in [0.1, 0.15) is 37.8 Å². The zero-order valence-electron chi connectivity index (χ0n) is 12.2. The van der Waals surface area contributed by atoms with Crippen LogP contribution in [0.25, 0.3) is 0 Å². The van der Waals surface area contributed by atoms with Gasteiger partial charge in [-0.2, -0.15) is 4.31 Å². The summed E-state index contributed by atoms with van der Waals surface area (Å²) in [6, 6.07) is 6.89. The largest absolute Gasteiger partial charge is 0.372 e. The molecule has 2 bridgehead atoms. The van der Waals surface area contributed by atoms with Crippen LogP contribution in [0.15, 0.2) is 29.2 Å². The molecule has 2 saturated heterocycles. The van der Waals surface area contributed by atoms with Gasteiger partial charge in [0.2, 0.25) is 10.0 Å². The van der Waals surface area contributed by atoms with E-state index in [0.29, 0.717) is 18.0 Å². The van der Waals surface area contributed by atoms with Crippen molar-refractivity contribution in [3.63, 3.8) is 0 Å². The Hall–Kier alpha value is -0.950. The molecule has 2 heterocycles. The van der Waals surface area contributed by atoms with Crippen LogP contribution < -0.4 is 5.73 Å². The van der Waals surface area contributed by atoms with Crippen LogP contribution >= 0.6 is 0 Å². The SMILES string of the molecule is CCC(N)c1cccc(S(=O)(=O)N2CC3CCC(C2)O3)c1. The summed E-state index contributed by atoms with van der Waals surface area (Å²) in [5.41, 5.74) is 6.88. The molecule has 0 aliphatic carbocycles. The molecule has 0 aromatic heterocycles. The van der Waals surface area contributed by atoms with Crippen LogP contribution in [0.3, 0.4) is 0 Å². The van der Waals surface area contributed by atoms with Crippen LogP contribution in [0.2, 0.25) is 0 Å². The molecule has 1 aromatic carbocycles. The first-order valence-electron chi connectivity index (χ1n) is 7.52. The number of rotatable bonds is 4. The van der Waals surface area contributed by atoms with Gasteiger partial charge in [-0.3, -0.25) is 0 Å². The highest BCUT2D eigenvalue weighted by Crippen LogP contribution is 2.30. The molecule has 2 fully saturated rings. The van der Waals surface area contributed by atoms with Crippen LogP contribution in [0.5, 0.6) is 0 Å². The Balaban J connectivity index is 1.88. The van der Waals surface area contributed by atoms with Crippen LogP contribution in [0.4, 0.5) is 0 Å². The van der Waals surface area contributed by atoms with Crippen LogP contribution in [0, 0.1) is 0 Å². The predicted molar refractivity (Wildman–Crippen MR) is 80.3 cm³/mol. The maximum atomic E-state index is 12.8. The van der Waals surface area contributed by atoms with Crippen molar-refractivity contribution in [2.24, 2.45) is 5.73 Å². The molecular formula is C15H22N2O3S. The first kappa shape index (κ1) is 15.0. The van der Waals surface area contributed by atoms with Crippen LogP contribution in [-0.2, 0) is 14.8 Å². The molecule has 21 heavy (non-hydrogen) atoms. The van der Waals surface area contributed by atoms with Crippen molar-refractivity contribution in [3.05, 3.63) is 29.8 Å². The normalized spacial score (nSPS) is 27.7. The molecule has 0 saturated carbocycles. The van der Waals surface area contributed by atoms with Gasteiger partial charge >= 0.3 is 0 Å². The number of sulfonamides is 1. The third-order valence-corrected chi connectivity index (χ3v) is 6.20.